The van der Waals surface area contributed by atoms with Crippen LogP contribution in [0.1, 0.15) is 12.0 Å². The SMILES string of the molecule is O=C(Cn1nc2ccccc2n1)NC1CC(=O)N(Cc2ccccc2)C1. The van der Waals surface area contributed by atoms with Crippen LogP contribution in [0, 0.1) is 0 Å². The van der Waals surface area contributed by atoms with E-state index in [0.29, 0.717) is 19.5 Å². The monoisotopic (exact) mass is 349 g/mol. The summed E-state index contributed by atoms with van der Waals surface area (Å²) in [5, 5.41) is 11.5. The van der Waals surface area contributed by atoms with Crippen molar-refractivity contribution in [1.82, 2.24) is 25.2 Å². The summed E-state index contributed by atoms with van der Waals surface area (Å²) in [7, 11) is 0. The average molecular weight is 349 g/mol. The first-order valence-electron chi connectivity index (χ1n) is 8.58. The van der Waals surface area contributed by atoms with E-state index in [1.165, 1.54) is 4.80 Å². The fraction of sp³-hybridized carbons (Fsp3) is 0.263. The number of aromatic nitrogens is 3. The quantitative estimate of drug-likeness (QED) is 0.754. The maximum Gasteiger partial charge on any atom is 0.243 e. The van der Waals surface area contributed by atoms with Crippen molar-refractivity contribution in [2.75, 3.05) is 6.54 Å². The molecule has 1 fully saturated rings. The minimum absolute atomic E-state index is 0.0397. The van der Waals surface area contributed by atoms with Crippen LogP contribution < -0.4 is 5.32 Å². The van der Waals surface area contributed by atoms with E-state index in [9.17, 15) is 9.59 Å². The number of benzene rings is 2. The van der Waals surface area contributed by atoms with Gasteiger partial charge in [0.15, 0.2) is 0 Å². The molecule has 2 amide bonds. The van der Waals surface area contributed by atoms with Gasteiger partial charge in [0.1, 0.15) is 17.6 Å². The lowest BCUT2D eigenvalue weighted by atomic mass is 10.2. The molecule has 7 nitrogen and oxygen atoms in total. The molecule has 3 aromatic rings. The van der Waals surface area contributed by atoms with E-state index in [0.717, 1.165) is 16.6 Å². The van der Waals surface area contributed by atoms with Gasteiger partial charge in [-0.3, -0.25) is 9.59 Å². The van der Waals surface area contributed by atoms with E-state index in [4.69, 9.17) is 0 Å². The molecule has 2 heterocycles. The van der Waals surface area contributed by atoms with Crippen molar-refractivity contribution < 1.29 is 9.59 Å². The second-order valence-electron chi connectivity index (χ2n) is 6.45. The molecule has 1 saturated heterocycles. The van der Waals surface area contributed by atoms with E-state index >= 15 is 0 Å². The lowest BCUT2D eigenvalue weighted by Crippen LogP contribution is -2.39. The summed E-state index contributed by atoms with van der Waals surface area (Å²) in [4.78, 5) is 27.6. The lowest BCUT2D eigenvalue weighted by Gasteiger charge is -2.17. The smallest absolute Gasteiger partial charge is 0.243 e. The molecule has 1 N–H and O–H groups in total. The van der Waals surface area contributed by atoms with Crippen LogP contribution in [0.2, 0.25) is 0 Å². The molecular formula is C19H19N5O2. The molecule has 1 atom stereocenters. The zero-order valence-corrected chi connectivity index (χ0v) is 14.2. The van der Waals surface area contributed by atoms with Gasteiger partial charge in [-0.1, -0.05) is 42.5 Å². The third-order valence-corrected chi connectivity index (χ3v) is 4.41. The van der Waals surface area contributed by atoms with Gasteiger partial charge < -0.3 is 10.2 Å². The summed E-state index contributed by atoms with van der Waals surface area (Å²) in [5.41, 5.74) is 2.59. The molecule has 1 aliphatic rings. The number of fused-ring (bicyclic) bond motifs is 1. The Bertz CT molecular complexity index is 904. The third kappa shape index (κ3) is 3.56. The summed E-state index contributed by atoms with van der Waals surface area (Å²) < 4.78 is 0. The van der Waals surface area contributed by atoms with Crippen LogP contribution in [-0.4, -0.2) is 44.3 Å². The van der Waals surface area contributed by atoms with E-state index in [-0.39, 0.29) is 24.4 Å². The van der Waals surface area contributed by atoms with Gasteiger partial charge in [0.05, 0.1) is 6.04 Å². The van der Waals surface area contributed by atoms with E-state index in [2.05, 4.69) is 15.5 Å². The third-order valence-electron chi connectivity index (χ3n) is 4.41. The number of hydrogen-bond donors (Lipinski definition) is 1. The zero-order valence-electron chi connectivity index (χ0n) is 14.2. The Hall–Kier alpha value is -3.22. The molecule has 132 valence electrons. The van der Waals surface area contributed by atoms with E-state index < -0.39 is 0 Å². The Morgan fingerprint density at radius 3 is 2.38 bits per heavy atom. The molecule has 0 saturated carbocycles. The number of nitrogens with one attached hydrogen (secondary N) is 1. The topological polar surface area (TPSA) is 80.1 Å². The highest BCUT2D eigenvalue weighted by Crippen LogP contribution is 2.15. The molecule has 2 aromatic carbocycles. The summed E-state index contributed by atoms with van der Waals surface area (Å²) in [5.74, 6) is -0.133. The average Bonchev–Trinajstić information content (AvgIpc) is 3.18. The Labute approximate surface area is 150 Å². The number of rotatable bonds is 5. The van der Waals surface area contributed by atoms with Crippen LogP contribution >= 0.6 is 0 Å². The molecule has 7 heteroatoms. The highest BCUT2D eigenvalue weighted by molar-refractivity contribution is 5.82. The number of carbonyl (C=O) groups excluding carboxylic acids is 2. The second-order valence-corrected chi connectivity index (χ2v) is 6.45. The molecule has 26 heavy (non-hydrogen) atoms. The van der Waals surface area contributed by atoms with Crippen LogP contribution in [0.15, 0.2) is 54.6 Å². The molecular weight excluding hydrogens is 330 g/mol. The van der Waals surface area contributed by atoms with Crippen molar-refractivity contribution >= 4 is 22.8 Å². The van der Waals surface area contributed by atoms with Crippen LogP contribution in [0.25, 0.3) is 11.0 Å². The number of carbonyl (C=O) groups is 2. The summed E-state index contributed by atoms with van der Waals surface area (Å²) >= 11 is 0. The van der Waals surface area contributed by atoms with Crippen LogP contribution in [0.5, 0.6) is 0 Å². The van der Waals surface area contributed by atoms with Crippen molar-refractivity contribution in [2.24, 2.45) is 0 Å². The lowest BCUT2D eigenvalue weighted by molar-refractivity contribution is -0.128. The number of amides is 2. The number of nitrogens with zero attached hydrogens (tertiary/aromatic N) is 4. The van der Waals surface area contributed by atoms with Crippen molar-refractivity contribution in [1.29, 1.82) is 0 Å². The zero-order chi connectivity index (χ0) is 17.9. The highest BCUT2D eigenvalue weighted by atomic mass is 16.2. The second kappa shape index (κ2) is 6.95. The molecule has 1 aromatic heterocycles. The fourth-order valence-corrected chi connectivity index (χ4v) is 3.20. The van der Waals surface area contributed by atoms with Crippen molar-refractivity contribution in [3.8, 4) is 0 Å². The molecule has 0 spiro atoms. The van der Waals surface area contributed by atoms with Crippen LogP contribution in [0.3, 0.4) is 0 Å². The minimum Gasteiger partial charge on any atom is -0.349 e. The van der Waals surface area contributed by atoms with Gasteiger partial charge >= 0.3 is 0 Å². The Kier molecular flexibility index (Phi) is 4.35. The maximum atomic E-state index is 12.3. The molecule has 0 radical (unpaired) electrons. The van der Waals surface area contributed by atoms with Crippen LogP contribution in [0.4, 0.5) is 0 Å². The highest BCUT2D eigenvalue weighted by Gasteiger charge is 2.30. The largest absolute Gasteiger partial charge is 0.349 e. The first-order valence-corrected chi connectivity index (χ1v) is 8.58. The molecule has 0 aliphatic carbocycles. The first kappa shape index (κ1) is 16.3. The first-order chi connectivity index (χ1) is 12.7. The maximum absolute atomic E-state index is 12.3. The van der Waals surface area contributed by atoms with Gasteiger partial charge in [0.25, 0.3) is 0 Å². The summed E-state index contributed by atoms with van der Waals surface area (Å²) in [6.45, 7) is 1.13. The molecule has 1 aliphatic heterocycles. The van der Waals surface area contributed by atoms with E-state index in [1.54, 1.807) is 4.90 Å². The Morgan fingerprint density at radius 1 is 1.04 bits per heavy atom. The number of likely N-dealkylation sites (tertiary alicyclic amines) is 1. The normalized spacial score (nSPS) is 17.0. The van der Waals surface area contributed by atoms with Gasteiger partial charge in [0.2, 0.25) is 11.8 Å². The molecule has 4 rings (SSSR count). The van der Waals surface area contributed by atoms with Gasteiger partial charge in [-0.25, -0.2) is 0 Å². The van der Waals surface area contributed by atoms with Gasteiger partial charge in [-0.05, 0) is 17.7 Å². The van der Waals surface area contributed by atoms with Crippen molar-refractivity contribution in [3.05, 3.63) is 60.2 Å². The molecule has 0 bridgehead atoms. The van der Waals surface area contributed by atoms with Crippen LogP contribution in [-0.2, 0) is 22.7 Å². The van der Waals surface area contributed by atoms with E-state index in [1.807, 2.05) is 54.6 Å². The van der Waals surface area contributed by atoms with Crippen molar-refractivity contribution in [3.63, 3.8) is 0 Å². The van der Waals surface area contributed by atoms with Gasteiger partial charge in [-0.2, -0.15) is 15.0 Å². The summed E-state index contributed by atoms with van der Waals surface area (Å²) in [6.07, 6.45) is 0.326. The predicted molar refractivity (Wildman–Crippen MR) is 95.9 cm³/mol. The Balaban J connectivity index is 1.34. The molecule has 1 unspecified atom stereocenters. The standard InChI is InChI=1S/C19H19N5O2/c25-18(13-24-21-16-8-4-5-9-17(16)22-24)20-15-10-19(26)23(12-15)11-14-6-2-1-3-7-14/h1-9,15H,10-13H2,(H,20,25). The van der Waals surface area contributed by atoms with Crippen molar-refractivity contribution in [2.45, 2.75) is 25.6 Å². The minimum atomic E-state index is -0.190. The van der Waals surface area contributed by atoms with Gasteiger partial charge in [-0.15, -0.1) is 0 Å². The van der Waals surface area contributed by atoms with Gasteiger partial charge in [0, 0.05) is 19.5 Å². The Morgan fingerprint density at radius 2 is 1.69 bits per heavy atom. The number of hydrogen-bond acceptors (Lipinski definition) is 4. The predicted octanol–water partition coefficient (Wildman–Crippen LogP) is 1.35. The fourth-order valence-electron chi connectivity index (χ4n) is 3.20. The summed E-state index contributed by atoms with van der Waals surface area (Å²) in [6, 6.07) is 17.1.